The Labute approximate surface area is 179 Å². The largest absolute Gasteiger partial charge is 0.411 e. The van der Waals surface area contributed by atoms with Crippen LogP contribution in [0.15, 0.2) is 70.3 Å². The summed E-state index contributed by atoms with van der Waals surface area (Å²) in [5.74, 6) is 0.579. The first kappa shape index (κ1) is 20.2. The van der Waals surface area contributed by atoms with Crippen LogP contribution < -0.4 is 5.32 Å². The predicted molar refractivity (Wildman–Crippen MR) is 122 cm³/mol. The molecule has 0 saturated heterocycles. The Morgan fingerprint density at radius 3 is 2.40 bits per heavy atom. The van der Waals surface area contributed by atoms with Crippen molar-refractivity contribution >= 4 is 34.1 Å². The number of aryl methyl sites for hydroxylation is 2. The Morgan fingerprint density at radius 1 is 0.933 bits per heavy atom. The van der Waals surface area contributed by atoms with E-state index in [9.17, 15) is 4.79 Å². The van der Waals surface area contributed by atoms with Crippen molar-refractivity contribution in [1.29, 1.82) is 0 Å². The second kappa shape index (κ2) is 9.13. The number of benzene rings is 3. The van der Waals surface area contributed by atoms with Gasteiger partial charge in [0.25, 0.3) is 5.22 Å². The highest BCUT2D eigenvalue weighted by molar-refractivity contribution is 7.99. The lowest BCUT2D eigenvalue weighted by Gasteiger charge is -2.14. The van der Waals surface area contributed by atoms with E-state index in [2.05, 4.69) is 47.6 Å². The van der Waals surface area contributed by atoms with Gasteiger partial charge in [-0.25, -0.2) is 0 Å². The molecule has 6 heteroatoms. The third kappa shape index (κ3) is 4.39. The average molecular weight is 418 g/mol. The summed E-state index contributed by atoms with van der Waals surface area (Å²) in [6.07, 6.45) is 1.74. The first-order valence-corrected chi connectivity index (χ1v) is 11.0. The normalized spacial score (nSPS) is 11.0. The van der Waals surface area contributed by atoms with Crippen LogP contribution in [0.4, 0.5) is 5.69 Å². The number of carbonyl (C=O) groups is 1. The number of amides is 1. The van der Waals surface area contributed by atoms with E-state index in [4.69, 9.17) is 4.42 Å². The van der Waals surface area contributed by atoms with Crippen LogP contribution in [-0.2, 0) is 17.6 Å². The fourth-order valence-corrected chi connectivity index (χ4v) is 3.98. The maximum Gasteiger partial charge on any atom is 0.277 e. The molecule has 0 radical (unpaired) electrons. The molecule has 1 N–H and O–H groups in total. The zero-order valence-electron chi connectivity index (χ0n) is 17.0. The molecule has 1 heterocycles. The first-order valence-electron chi connectivity index (χ1n) is 10.0. The van der Waals surface area contributed by atoms with Crippen LogP contribution in [0.5, 0.6) is 0 Å². The number of fused-ring (bicyclic) bond motifs is 1. The van der Waals surface area contributed by atoms with E-state index in [-0.39, 0.29) is 11.7 Å². The number of rotatable bonds is 7. The van der Waals surface area contributed by atoms with Crippen molar-refractivity contribution in [1.82, 2.24) is 10.2 Å². The Hall–Kier alpha value is -3.12. The molecular formula is C24H23N3O2S. The highest BCUT2D eigenvalue weighted by Gasteiger charge is 2.14. The molecule has 1 amide bonds. The SMILES string of the molecule is CCc1cccc(CC)c1NC(=O)CSc1nnc(-c2ccc3ccccc3c2)o1. The van der Waals surface area contributed by atoms with Crippen LogP contribution in [0, 0.1) is 0 Å². The van der Waals surface area contributed by atoms with Crippen LogP contribution in [0.25, 0.3) is 22.2 Å². The Balaban J connectivity index is 1.43. The Morgan fingerprint density at radius 2 is 1.67 bits per heavy atom. The van der Waals surface area contributed by atoms with Crippen molar-refractivity contribution in [2.45, 2.75) is 31.9 Å². The fraction of sp³-hybridized carbons (Fsp3) is 0.208. The van der Waals surface area contributed by atoms with Gasteiger partial charge in [-0.05, 0) is 46.9 Å². The summed E-state index contributed by atoms with van der Waals surface area (Å²) in [5.41, 5.74) is 4.07. The lowest BCUT2D eigenvalue weighted by atomic mass is 10.0. The second-order valence-electron chi connectivity index (χ2n) is 6.93. The van der Waals surface area contributed by atoms with Crippen LogP contribution in [0.2, 0.25) is 0 Å². The summed E-state index contributed by atoms with van der Waals surface area (Å²) in [4.78, 5) is 12.5. The van der Waals surface area contributed by atoms with Gasteiger partial charge in [0, 0.05) is 11.3 Å². The van der Waals surface area contributed by atoms with Gasteiger partial charge in [0.1, 0.15) is 0 Å². The molecule has 152 valence electrons. The molecule has 0 spiro atoms. The smallest absolute Gasteiger partial charge is 0.277 e. The van der Waals surface area contributed by atoms with Gasteiger partial charge < -0.3 is 9.73 Å². The lowest BCUT2D eigenvalue weighted by Crippen LogP contribution is -2.16. The standard InChI is InChI=1S/C24H23N3O2S/c1-3-16-10-7-11-17(4-2)22(16)25-21(28)15-30-24-27-26-23(29-24)20-13-12-18-8-5-6-9-19(18)14-20/h5-14H,3-4,15H2,1-2H3,(H,25,28). The Bertz CT molecular complexity index is 1160. The van der Waals surface area contributed by atoms with Crippen LogP contribution in [0.3, 0.4) is 0 Å². The highest BCUT2D eigenvalue weighted by Crippen LogP contribution is 2.27. The van der Waals surface area contributed by atoms with Gasteiger partial charge in [0.05, 0.1) is 5.75 Å². The molecule has 0 unspecified atom stereocenters. The maximum absolute atomic E-state index is 12.5. The molecule has 0 aliphatic heterocycles. The number of thioether (sulfide) groups is 1. The topological polar surface area (TPSA) is 68.0 Å². The molecule has 5 nitrogen and oxygen atoms in total. The third-order valence-electron chi connectivity index (χ3n) is 4.99. The number of para-hydroxylation sites is 1. The zero-order valence-corrected chi connectivity index (χ0v) is 17.8. The fourth-order valence-electron chi connectivity index (χ4n) is 3.41. The van der Waals surface area contributed by atoms with E-state index < -0.39 is 0 Å². The molecule has 0 fully saturated rings. The Kier molecular flexibility index (Phi) is 6.14. The van der Waals surface area contributed by atoms with E-state index in [0.717, 1.165) is 46.0 Å². The summed E-state index contributed by atoms with van der Waals surface area (Å²) in [6.45, 7) is 4.18. The minimum absolute atomic E-state index is 0.0824. The molecule has 0 bridgehead atoms. The number of hydrogen-bond donors (Lipinski definition) is 1. The van der Waals surface area contributed by atoms with Crippen LogP contribution in [-0.4, -0.2) is 21.9 Å². The molecule has 0 aliphatic carbocycles. The summed E-state index contributed by atoms with van der Waals surface area (Å²) < 4.78 is 5.77. The molecule has 4 aromatic rings. The van der Waals surface area contributed by atoms with Crippen molar-refractivity contribution in [2.75, 3.05) is 11.1 Å². The van der Waals surface area contributed by atoms with E-state index in [0.29, 0.717) is 11.1 Å². The number of aromatic nitrogens is 2. The van der Waals surface area contributed by atoms with Gasteiger partial charge >= 0.3 is 0 Å². The van der Waals surface area contributed by atoms with E-state index in [1.807, 2.05) is 42.5 Å². The monoisotopic (exact) mass is 417 g/mol. The number of carbonyl (C=O) groups excluding carboxylic acids is 1. The summed E-state index contributed by atoms with van der Waals surface area (Å²) in [6, 6.07) is 20.3. The van der Waals surface area contributed by atoms with Crippen molar-refractivity contribution in [3.05, 3.63) is 71.8 Å². The number of hydrogen-bond acceptors (Lipinski definition) is 5. The van der Waals surface area contributed by atoms with E-state index in [1.54, 1.807) is 0 Å². The van der Waals surface area contributed by atoms with Gasteiger partial charge in [-0.2, -0.15) is 0 Å². The predicted octanol–water partition coefficient (Wildman–Crippen LogP) is 5.75. The van der Waals surface area contributed by atoms with Crippen molar-refractivity contribution in [3.63, 3.8) is 0 Å². The van der Waals surface area contributed by atoms with Gasteiger partial charge in [-0.1, -0.05) is 74.1 Å². The van der Waals surface area contributed by atoms with Crippen molar-refractivity contribution < 1.29 is 9.21 Å². The van der Waals surface area contributed by atoms with E-state index in [1.165, 1.54) is 11.8 Å². The van der Waals surface area contributed by atoms with Crippen LogP contribution >= 0.6 is 11.8 Å². The summed E-state index contributed by atoms with van der Waals surface area (Å²) in [7, 11) is 0. The number of anilines is 1. The average Bonchev–Trinajstić information content (AvgIpc) is 3.26. The minimum atomic E-state index is -0.0824. The molecule has 0 saturated carbocycles. The summed E-state index contributed by atoms with van der Waals surface area (Å²) in [5, 5.41) is 13.9. The molecule has 0 atom stereocenters. The molecule has 0 aliphatic rings. The van der Waals surface area contributed by atoms with Crippen molar-refractivity contribution in [2.24, 2.45) is 0 Å². The number of nitrogens with zero attached hydrogens (tertiary/aromatic N) is 2. The lowest BCUT2D eigenvalue weighted by molar-refractivity contribution is -0.113. The zero-order chi connectivity index (χ0) is 20.9. The molecule has 1 aromatic heterocycles. The second-order valence-corrected chi connectivity index (χ2v) is 7.86. The highest BCUT2D eigenvalue weighted by atomic mass is 32.2. The molecule has 4 rings (SSSR count). The van der Waals surface area contributed by atoms with Crippen LogP contribution in [0.1, 0.15) is 25.0 Å². The van der Waals surface area contributed by atoms with Gasteiger partial charge in [-0.3, -0.25) is 4.79 Å². The molecular weight excluding hydrogens is 394 g/mol. The third-order valence-corrected chi connectivity index (χ3v) is 5.81. The maximum atomic E-state index is 12.5. The summed E-state index contributed by atoms with van der Waals surface area (Å²) >= 11 is 1.24. The van der Waals surface area contributed by atoms with Gasteiger partial charge in [0.2, 0.25) is 11.8 Å². The number of nitrogens with one attached hydrogen (secondary N) is 1. The quantitative estimate of drug-likeness (QED) is 0.388. The first-order chi connectivity index (χ1) is 14.7. The van der Waals surface area contributed by atoms with Crippen molar-refractivity contribution in [3.8, 4) is 11.5 Å². The van der Waals surface area contributed by atoms with Gasteiger partial charge in [0.15, 0.2) is 0 Å². The molecule has 30 heavy (non-hydrogen) atoms. The minimum Gasteiger partial charge on any atom is -0.411 e. The van der Waals surface area contributed by atoms with E-state index >= 15 is 0 Å². The molecule has 3 aromatic carbocycles. The van der Waals surface area contributed by atoms with Gasteiger partial charge in [-0.15, -0.1) is 10.2 Å².